The zero-order valence-corrected chi connectivity index (χ0v) is 11.1. The first-order valence-corrected chi connectivity index (χ1v) is 6.50. The van der Waals surface area contributed by atoms with Crippen LogP contribution >= 0.6 is 27.5 Å². The van der Waals surface area contributed by atoms with Crippen LogP contribution in [0.4, 0.5) is 4.39 Å². The zero-order valence-electron chi connectivity index (χ0n) is 8.71. The van der Waals surface area contributed by atoms with Crippen molar-refractivity contribution in [3.63, 3.8) is 0 Å². The van der Waals surface area contributed by atoms with Gasteiger partial charge in [-0.25, -0.2) is 4.39 Å². The lowest BCUT2D eigenvalue weighted by Gasteiger charge is -2.03. The fourth-order valence-corrected chi connectivity index (χ4v) is 2.78. The van der Waals surface area contributed by atoms with Gasteiger partial charge in [0.1, 0.15) is 11.9 Å². The van der Waals surface area contributed by atoms with E-state index >= 15 is 0 Å². The van der Waals surface area contributed by atoms with Crippen LogP contribution in [-0.4, -0.2) is 5.11 Å². The van der Waals surface area contributed by atoms with Gasteiger partial charge in [0.15, 0.2) is 11.4 Å². The van der Waals surface area contributed by atoms with Gasteiger partial charge in [0, 0.05) is 0 Å². The first-order chi connectivity index (χ1) is 8.08. The number of fused-ring (bicyclic) bond motifs is 1. The van der Waals surface area contributed by atoms with Gasteiger partial charge in [0.2, 0.25) is 0 Å². The molecule has 0 radical (unpaired) electrons. The molecule has 1 fully saturated rings. The first-order valence-electron chi connectivity index (χ1n) is 5.33. The molecule has 5 heteroatoms. The Bertz CT molecular complexity index is 592. The summed E-state index contributed by atoms with van der Waals surface area (Å²) in [5.41, 5.74) is 0.390. The lowest BCUT2D eigenvalue weighted by Crippen LogP contribution is -1.96. The second-order valence-electron chi connectivity index (χ2n) is 4.33. The van der Waals surface area contributed by atoms with Crippen LogP contribution < -0.4 is 0 Å². The molecule has 2 aromatic rings. The van der Waals surface area contributed by atoms with Gasteiger partial charge in [-0.05, 0) is 46.8 Å². The van der Waals surface area contributed by atoms with E-state index in [2.05, 4.69) is 15.9 Å². The molecule has 1 aromatic carbocycles. The van der Waals surface area contributed by atoms with E-state index in [1.807, 2.05) is 0 Å². The van der Waals surface area contributed by atoms with Gasteiger partial charge in [-0.2, -0.15) is 0 Å². The number of benzene rings is 1. The van der Waals surface area contributed by atoms with E-state index in [1.165, 1.54) is 12.1 Å². The quantitative estimate of drug-likeness (QED) is 0.831. The highest BCUT2D eigenvalue weighted by Gasteiger charge is 2.33. The van der Waals surface area contributed by atoms with Crippen molar-refractivity contribution >= 4 is 38.5 Å². The van der Waals surface area contributed by atoms with Gasteiger partial charge >= 0.3 is 0 Å². The summed E-state index contributed by atoms with van der Waals surface area (Å²) in [6, 6.07) is 2.99. The summed E-state index contributed by atoms with van der Waals surface area (Å²) < 4.78 is 19.9. The monoisotopic (exact) mass is 318 g/mol. The lowest BCUT2D eigenvalue weighted by molar-refractivity contribution is 0.129. The minimum Gasteiger partial charge on any atom is -0.457 e. The van der Waals surface area contributed by atoms with E-state index in [9.17, 15) is 9.50 Å². The van der Waals surface area contributed by atoms with Gasteiger partial charge in [0.05, 0.1) is 14.9 Å². The van der Waals surface area contributed by atoms with Gasteiger partial charge in [-0.3, -0.25) is 0 Å². The van der Waals surface area contributed by atoms with Crippen LogP contribution in [0, 0.1) is 11.7 Å². The van der Waals surface area contributed by atoms with Crippen LogP contribution in [0.25, 0.3) is 11.0 Å². The Morgan fingerprint density at radius 3 is 2.82 bits per heavy atom. The molecule has 3 rings (SSSR count). The lowest BCUT2D eigenvalue weighted by atomic mass is 10.1. The molecule has 0 saturated heterocycles. The first kappa shape index (κ1) is 11.5. The van der Waals surface area contributed by atoms with Crippen molar-refractivity contribution in [3.05, 3.63) is 33.2 Å². The molecule has 1 saturated carbocycles. The number of rotatable bonds is 2. The van der Waals surface area contributed by atoms with E-state index in [4.69, 9.17) is 16.0 Å². The van der Waals surface area contributed by atoms with E-state index in [-0.39, 0.29) is 10.9 Å². The summed E-state index contributed by atoms with van der Waals surface area (Å²) >= 11 is 9.02. The van der Waals surface area contributed by atoms with Crippen molar-refractivity contribution in [2.45, 2.75) is 18.9 Å². The third-order valence-electron chi connectivity index (χ3n) is 3.03. The maximum atomic E-state index is 13.8. The molecule has 0 bridgehead atoms. The van der Waals surface area contributed by atoms with Crippen molar-refractivity contribution in [1.29, 1.82) is 0 Å². The number of hydrogen-bond donors (Lipinski definition) is 1. The molecule has 1 N–H and O–H groups in total. The Morgan fingerprint density at radius 2 is 2.18 bits per heavy atom. The molecule has 1 atom stereocenters. The number of furan rings is 1. The Balaban J connectivity index is 2.17. The molecule has 90 valence electrons. The van der Waals surface area contributed by atoms with Crippen molar-refractivity contribution in [3.8, 4) is 0 Å². The summed E-state index contributed by atoms with van der Waals surface area (Å²) in [6.45, 7) is 0. The van der Waals surface area contributed by atoms with Crippen molar-refractivity contribution < 1.29 is 13.9 Å². The molecule has 0 spiro atoms. The van der Waals surface area contributed by atoms with Crippen LogP contribution in [-0.2, 0) is 0 Å². The molecule has 0 amide bonds. The molecule has 0 aliphatic heterocycles. The average Bonchev–Trinajstić information content (AvgIpc) is 3.03. The highest BCUT2D eigenvalue weighted by Crippen LogP contribution is 2.43. The second-order valence-corrected chi connectivity index (χ2v) is 5.59. The van der Waals surface area contributed by atoms with E-state index in [0.29, 0.717) is 21.2 Å². The SMILES string of the molecule is OC(c1cc2c(F)c(Cl)cc(Br)c2o1)C1CC1. The fourth-order valence-electron chi connectivity index (χ4n) is 1.91. The fraction of sp³-hybridized carbons (Fsp3) is 0.333. The third kappa shape index (κ3) is 1.88. The van der Waals surface area contributed by atoms with Gasteiger partial charge in [-0.1, -0.05) is 11.6 Å². The van der Waals surface area contributed by atoms with Crippen LogP contribution in [0.5, 0.6) is 0 Å². The largest absolute Gasteiger partial charge is 0.457 e. The number of hydrogen-bond acceptors (Lipinski definition) is 2. The molecular formula is C12H9BrClFO2. The van der Waals surface area contributed by atoms with Gasteiger partial charge in [0.25, 0.3) is 0 Å². The predicted octanol–water partition coefficient (Wildman–Crippen LogP) is 4.43. The third-order valence-corrected chi connectivity index (χ3v) is 3.89. The number of aliphatic hydroxyl groups excluding tert-OH is 1. The maximum Gasteiger partial charge on any atom is 0.152 e. The summed E-state index contributed by atoms with van der Waals surface area (Å²) in [5.74, 6) is 0.139. The van der Waals surface area contributed by atoms with Crippen molar-refractivity contribution in [2.24, 2.45) is 5.92 Å². The van der Waals surface area contributed by atoms with Crippen LogP contribution in [0.2, 0.25) is 5.02 Å². The van der Waals surface area contributed by atoms with Crippen LogP contribution in [0.1, 0.15) is 24.7 Å². The van der Waals surface area contributed by atoms with Gasteiger partial charge < -0.3 is 9.52 Å². The molecule has 2 nitrogen and oxygen atoms in total. The normalized spacial score (nSPS) is 17.6. The van der Waals surface area contributed by atoms with Crippen molar-refractivity contribution in [2.75, 3.05) is 0 Å². The molecule has 17 heavy (non-hydrogen) atoms. The van der Waals surface area contributed by atoms with Crippen molar-refractivity contribution in [1.82, 2.24) is 0 Å². The minimum absolute atomic E-state index is 0.0395. The summed E-state index contributed by atoms with van der Waals surface area (Å²) in [7, 11) is 0. The predicted molar refractivity (Wildman–Crippen MR) is 66.6 cm³/mol. The zero-order chi connectivity index (χ0) is 12.2. The summed E-state index contributed by atoms with van der Waals surface area (Å²) in [4.78, 5) is 0. The standard InChI is InChI=1S/C12H9BrClFO2/c13-7-4-8(14)10(15)6-3-9(17-12(6)7)11(16)5-1-2-5/h3-5,11,16H,1-2H2. The Hall–Kier alpha value is -0.580. The molecule has 1 aliphatic rings. The van der Waals surface area contributed by atoms with E-state index in [0.717, 1.165) is 12.8 Å². The molecule has 1 unspecified atom stereocenters. The topological polar surface area (TPSA) is 33.4 Å². The highest BCUT2D eigenvalue weighted by molar-refractivity contribution is 9.10. The van der Waals surface area contributed by atoms with E-state index < -0.39 is 11.9 Å². The van der Waals surface area contributed by atoms with Crippen LogP contribution in [0.15, 0.2) is 21.0 Å². The minimum atomic E-state index is -0.646. The molecule has 1 aromatic heterocycles. The summed E-state index contributed by atoms with van der Waals surface area (Å²) in [5, 5.41) is 10.3. The van der Waals surface area contributed by atoms with Gasteiger partial charge in [-0.15, -0.1) is 0 Å². The summed E-state index contributed by atoms with van der Waals surface area (Å²) in [6.07, 6.45) is 1.33. The Kier molecular flexibility index (Phi) is 2.69. The smallest absolute Gasteiger partial charge is 0.152 e. The Labute approximate surface area is 110 Å². The number of aliphatic hydroxyl groups is 1. The molecule has 1 heterocycles. The average molecular weight is 320 g/mol. The molecular weight excluding hydrogens is 310 g/mol. The van der Waals surface area contributed by atoms with Crippen LogP contribution in [0.3, 0.4) is 0 Å². The number of halogens is 3. The second kappa shape index (κ2) is 3.97. The highest BCUT2D eigenvalue weighted by atomic mass is 79.9. The van der Waals surface area contributed by atoms with E-state index in [1.54, 1.807) is 0 Å². The maximum absolute atomic E-state index is 13.8. The Morgan fingerprint density at radius 1 is 1.47 bits per heavy atom. The molecule has 1 aliphatic carbocycles.